The number of urea groups is 1. The Morgan fingerprint density at radius 3 is 2.46 bits per heavy atom. The molecule has 2 aromatic carbocycles. The highest BCUT2D eigenvalue weighted by atomic mass is 35.5. The maximum Gasteiger partial charge on any atom is 0.416 e. The number of nitrogens with one attached hydrogen (secondary N) is 2. The molecule has 2 amide bonds. The van der Waals surface area contributed by atoms with Gasteiger partial charge >= 0.3 is 12.2 Å². The molecular formula is C19H11ClF3N3OS. The number of rotatable bonds is 3. The molecule has 1 aromatic heterocycles. The Morgan fingerprint density at radius 2 is 1.82 bits per heavy atom. The van der Waals surface area contributed by atoms with Crippen LogP contribution in [0.2, 0.25) is 5.02 Å². The molecule has 0 spiro atoms. The highest BCUT2D eigenvalue weighted by Gasteiger charge is 2.30. The van der Waals surface area contributed by atoms with Crippen LogP contribution in [0.25, 0.3) is 11.1 Å². The maximum absolute atomic E-state index is 12.8. The highest BCUT2D eigenvalue weighted by Crippen LogP contribution is 2.35. The number of nitriles is 1. The fraction of sp³-hybridized carbons (Fsp3) is 0.0526. The monoisotopic (exact) mass is 421 g/mol. The number of alkyl halides is 3. The second kappa shape index (κ2) is 7.92. The van der Waals surface area contributed by atoms with E-state index in [-0.39, 0.29) is 16.3 Å². The van der Waals surface area contributed by atoms with Gasteiger partial charge in [0.15, 0.2) is 0 Å². The van der Waals surface area contributed by atoms with E-state index in [4.69, 9.17) is 11.6 Å². The fourth-order valence-corrected chi connectivity index (χ4v) is 3.48. The van der Waals surface area contributed by atoms with Crippen LogP contribution < -0.4 is 10.6 Å². The molecule has 0 fully saturated rings. The van der Waals surface area contributed by atoms with Gasteiger partial charge in [-0.05, 0) is 35.9 Å². The van der Waals surface area contributed by atoms with Crippen molar-refractivity contribution in [3.8, 4) is 17.2 Å². The summed E-state index contributed by atoms with van der Waals surface area (Å²) in [5.74, 6) is 0. The van der Waals surface area contributed by atoms with Crippen molar-refractivity contribution in [3.05, 3.63) is 70.1 Å². The Kier molecular flexibility index (Phi) is 5.58. The first-order valence-electron chi connectivity index (χ1n) is 7.80. The van der Waals surface area contributed by atoms with Crippen molar-refractivity contribution in [2.45, 2.75) is 6.18 Å². The summed E-state index contributed by atoms with van der Waals surface area (Å²) in [6.45, 7) is 0. The molecule has 2 N–H and O–H groups in total. The predicted octanol–water partition coefficient (Wildman–Crippen LogP) is 6.60. The Morgan fingerprint density at radius 1 is 1.11 bits per heavy atom. The number of hydrogen-bond acceptors (Lipinski definition) is 3. The van der Waals surface area contributed by atoms with Gasteiger partial charge in [0.05, 0.1) is 11.1 Å². The smallest absolute Gasteiger partial charge is 0.308 e. The van der Waals surface area contributed by atoms with E-state index in [0.717, 1.165) is 29.0 Å². The van der Waals surface area contributed by atoms with Crippen molar-refractivity contribution < 1.29 is 18.0 Å². The van der Waals surface area contributed by atoms with Gasteiger partial charge in [0, 0.05) is 21.7 Å². The molecule has 1 heterocycles. The second-order valence-corrected chi connectivity index (χ2v) is 6.95. The van der Waals surface area contributed by atoms with Crippen molar-refractivity contribution in [1.29, 1.82) is 5.26 Å². The number of benzene rings is 2. The van der Waals surface area contributed by atoms with Gasteiger partial charge in [-0.2, -0.15) is 18.4 Å². The summed E-state index contributed by atoms with van der Waals surface area (Å²) >= 11 is 7.00. The van der Waals surface area contributed by atoms with Crippen molar-refractivity contribution in [3.63, 3.8) is 0 Å². The lowest BCUT2D eigenvalue weighted by Crippen LogP contribution is -2.19. The zero-order valence-corrected chi connectivity index (χ0v) is 15.5. The van der Waals surface area contributed by atoms with E-state index < -0.39 is 17.8 Å². The van der Waals surface area contributed by atoms with Gasteiger partial charge in [-0.15, -0.1) is 11.3 Å². The molecular weight excluding hydrogens is 411 g/mol. The number of amides is 2. The van der Waals surface area contributed by atoms with E-state index in [1.807, 2.05) is 6.07 Å². The SMILES string of the molecule is N#Cc1c(-c2ccc(Cl)cc2)csc1NC(=O)Nc1cccc(C(F)(F)F)c1. The zero-order valence-electron chi connectivity index (χ0n) is 14.0. The van der Waals surface area contributed by atoms with Crippen LogP contribution >= 0.6 is 22.9 Å². The van der Waals surface area contributed by atoms with Gasteiger partial charge in [-0.3, -0.25) is 5.32 Å². The van der Waals surface area contributed by atoms with Crippen LogP contribution in [-0.2, 0) is 6.18 Å². The number of carbonyl (C=O) groups is 1. The number of thiophene rings is 1. The lowest BCUT2D eigenvalue weighted by atomic mass is 10.1. The van der Waals surface area contributed by atoms with E-state index in [9.17, 15) is 23.2 Å². The minimum absolute atomic E-state index is 0.0136. The van der Waals surface area contributed by atoms with Crippen LogP contribution in [0.1, 0.15) is 11.1 Å². The molecule has 9 heteroatoms. The molecule has 0 saturated carbocycles. The van der Waals surface area contributed by atoms with E-state index in [1.54, 1.807) is 29.6 Å². The van der Waals surface area contributed by atoms with Gasteiger partial charge in [0.2, 0.25) is 0 Å². The topological polar surface area (TPSA) is 64.9 Å². The summed E-state index contributed by atoms with van der Waals surface area (Å²) in [6, 6.07) is 12.4. The van der Waals surface area contributed by atoms with Crippen LogP contribution in [0.15, 0.2) is 53.9 Å². The molecule has 4 nitrogen and oxygen atoms in total. The van der Waals surface area contributed by atoms with Gasteiger partial charge in [0.25, 0.3) is 0 Å². The van der Waals surface area contributed by atoms with Crippen LogP contribution in [0.3, 0.4) is 0 Å². The molecule has 0 aliphatic rings. The minimum atomic E-state index is -4.51. The molecule has 28 heavy (non-hydrogen) atoms. The maximum atomic E-state index is 12.8. The van der Waals surface area contributed by atoms with Crippen LogP contribution in [0.4, 0.5) is 28.7 Å². The van der Waals surface area contributed by atoms with Gasteiger partial charge in [-0.1, -0.05) is 29.8 Å². The van der Waals surface area contributed by atoms with E-state index >= 15 is 0 Å². The van der Waals surface area contributed by atoms with E-state index in [2.05, 4.69) is 10.6 Å². The first-order valence-corrected chi connectivity index (χ1v) is 9.06. The van der Waals surface area contributed by atoms with Crippen LogP contribution in [0.5, 0.6) is 0 Å². The number of carbonyl (C=O) groups excluding carboxylic acids is 1. The highest BCUT2D eigenvalue weighted by molar-refractivity contribution is 7.15. The van der Waals surface area contributed by atoms with Gasteiger partial charge in [0.1, 0.15) is 11.1 Å². The Hall–Kier alpha value is -3.02. The molecule has 142 valence electrons. The molecule has 0 aliphatic carbocycles. The Labute approximate surface area is 167 Å². The molecule has 0 aliphatic heterocycles. The number of anilines is 2. The first-order chi connectivity index (χ1) is 13.3. The number of halogens is 4. The Bertz CT molecular complexity index is 1060. The molecule has 0 unspecified atom stereocenters. The van der Waals surface area contributed by atoms with Crippen molar-refractivity contribution >= 4 is 39.7 Å². The minimum Gasteiger partial charge on any atom is -0.308 e. The normalized spacial score (nSPS) is 11.0. The lowest BCUT2D eigenvalue weighted by Gasteiger charge is -2.10. The molecule has 0 radical (unpaired) electrons. The van der Waals surface area contributed by atoms with Gasteiger partial charge < -0.3 is 5.32 Å². The van der Waals surface area contributed by atoms with E-state index in [0.29, 0.717) is 10.6 Å². The fourth-order valence-electron chi connectivity index (χ4n) is 2.44. The van der Waals surface area contributed by atoms with Crippen molar-refractivity contribution in [2.24, 2.45) is 0 Å². The molecule has 0 atom stereocenters. The summed E-state index contributed by atoms with van der Waals surface area (Å²) in [6.07, 6.45) is -4.51. The average molecular weight is 422 g/mol. The molecule has 0 saturated heterocycles. The molecule has 3 rings (SSSR count). The first kappa shape index (κ1) is 19.7. The van der Waals surface area contributed by atoms with Crippen molar-refractivity contribution in [1.82, 2.24) is 0 Å². The number of hydrogen-bond donors (Lipinski definition) is 2. The number of nitrogens with zero attached hydrogens (tertiary/aromatic N) is 1. The molecule has 0 bridgehead atoms. The summed E-state index contributed by atoms with van der Waals surface area (Å²) in [5, 5.41) is 16.9. The van der Waals surface area contributed by atoms with Crippen molar-refractivity contribution in [2.75, 3.05) is 10.6 Å². The van der Waals surface area contributed by atoms with E-state index in [1.165, 1.54) is 12.1 Å². The largest absolute Gasteiger partial charge is 0.416 e. The van der Waals surface area contributed by atoms with Gasteiger partial charge in [-0.25, -0.2) is 4.79 Å². The Balaban J connectivity index is 1.78. The average Bonchev–Trinajstić information content (AvgIpc) is 3.04. The third-order valence-corrected chi connectivity index (χ3v) is 4.88. The standard InChI is InChI=1S/C19H11ClF3N3OS/c20-13-6-4-11(5-7-13)16-10-28-17(15(16)9-24)26-18(27)25-14-3-1-2-12(8-14)19(21,22)23/h1-8,10H,(H2,25,26,27). The summed E-state index contributed by atoms with van der Waals surface area (Å²) < 4.78 is 38.3. The second-order valence-electron chi connectivity index (χ2n) is 5.63. The van der Waals surface area contributed by atoms with Crippen LogP contribution in [0, 0.1) is 11.3 Å². The quantitative estimate of drug-likeness (QED) is 0.500. The third-order valence-electron chi connectivity index (χ3n) is 3.73. The third kappa shape index (κ3) is 4.44. The van der Waals surface area contributed by atoms with Crippen LogP contribution in [-0.4, -0.2) is 6.03 Å². The summed E-state index contributed by atoms with van der Waals surface area (Å²) in [4.78, 5) is 12.2. The summed E-state index contributed by atoms with van der Waals surface area (Å²) in [5.41, 5.74) is 0.748. The lowest BCUT2D eigenvalue weighted by molar-refractivity contribution is -0.137. The zero-order chi connectivity index (χ0) is 20.3. The molecule has 3 aromatic rings. The predicted molar refractivity (Wildman–Crippen MR) is 104 cm³/mol. The summed E-state index contributed by atoms with van der Waals surface area (Å²) in [7, 11) is 0.